The lowest BCUT2D eigenvalue weighted by Gasteiger charge is -2.11. The molecule has 3 aromatic carbocycles. The highest BCUT2D eigenvalue weighted by atomic mass is 19.1. The molecule has 0 saturated heterocycles. The number of hydrogen-bond donors (Lipinski definition) is 3. The fourth-order valence-electron chi connectivity index (χ4n) is 3.20. The van der Waals surface area contributed by atoms with E-state index in [1.54, 1.807) is 42.7 Å². The molecular weight excluding hydrogens is 456 g/mol. The Labute approximate surface area is 199 Å². The van der Waals surface area contributed by atoms with E-state index >= 15 is 0 Å². The predicted molar refractivity (Wildman–Crippen MR) is 125 cm³/mol. The third-order valence-electron chi connectivity index (χ3n) is 4.85. The molecule has 1 aromatic heterocycles. The van der Waals surface area contributed by atoms with E-state index in [1.165, 1.54) is 12.1 Å². The van der Waals surface area contributed by atoms with Crippen LogP contribution in [0.15, 0.2) is 85.2 Å². The first-order valence-electron chi connectivity index (χ1n) is 10.4. The summed E-state index contributed by atoms with van der Waals surface area (Å²) in [5, 5.41) is 15.4. The number of rotatable bonds is 7. The average molecular weight is 475 g/mol. The van der Waals surface area contributed by atoms with Gasteiger partial charge in [-0.15, -0.1) is 0 Å². The molecule has 4 rings (SSSR count). The molecule has 0 aliphatic carbocycles. The summed E-state index contributed by atoms with van der Waals surface area (Å²) >= 11 is 0. The molecule has 176 valence electrons. The van der Waals surface area contributed by atoms with Crippen LogP contribution < -0.4 is 15.4 Å². The van der Waals surface area contributed by atoms with Crippen LogP contribution in [0.4, 0.5) is 20.2 Å². The molecule has 1 heterocycles. The zero-order valence-electron chi connectivity index (χ0n) is 18.2. The van der Waals surface area contributed by atoms with E-state index in [2.05, 4.69) is 15.6 Å². The van der Waals surface area contributed by atoms with Gasteiger partial charge in [0, 0.05) is 53.1 Å². The molecular formula is C26H19F2N3O4. The number of anilines is 2. The van der Waals surface area contributed by atoms with Crippen molar-refractivity contribution < 1.29 is 28.2 Å². The number of carbonyl (C=O) groups excluding carboxylic acids is 2. The number of hydrogen-bond acceptors (Lipinski definition) is 5. The number of nitrogens with zero attached hydrogens (tertiary/aromatic N) is 1. The maximum Gasteiger partial charge on any atom is 0.259 e. The number of amides is 2. The maximum atomic E-state index is 13.3. The van der Waals surface area contributed by atoms with E-state index in [-0.39, 0.29) is 16.8 Å². The van der Waals surface area contributed by atoms with Gasteiger partial charge in [-0.2, -0.15) is 0 Å². The van der Waals surface area contributed by atoms with Crippen LogP contribution in [-0.2, 0) is 6.61 Å². The van der Waals surface area contributed by atoms with Gasteiger partial charge in [-0.1, -0.05) is 12.1 Å². The first kappa shape index (κ1) is 23.4. The number of nitrogens with one attached hydrogen (secondary N) is 2. The van der Waals surface area contributed by atoms with Gasteiger partial charge >= 0.3 is 0 Å². The van der Waals surface area contributed by atoms with Crippen LogP contribution in [0, 0.1) is 11.6 Å². The van der Waals surface area contributed by atoms with Crippen LogP contribution in [0.25, 0.3) is 0 Å². The standard InChI is InChI=1S/C26H19F2N3O4/c27-18-9-17(10-19(28)11-18)25(33)30-21-6-7-23(24(32)13-21)26(34)31-20-4-1-5-22(12-20)35-15-16-3-2-8-29-14-16/h1-14,32H,15H2,(H,30,33)(H,31,34). The summed E-state index contributed by atoms with van der Waals surface area (Å²) in [5.74, 6) is -3.01. The Kier molecular flexibility index (Phi) is 6.96. The minimum Gasteiger partial charge on any atom is -0.507 e. The van der Waals surface area contributed by atoms with Crippen LogP contribution in [0.2, 0.25) is 0 Å². The smallest absolute Gasteiger partial charge is 0.259 e. The van der Waals surface area contributed by atoms with Crippen molar-refractivity contribution in [1.29, 1.82) is 0 Å². The van der Waals surface area contributed by atoms with E-state index < -0.39 is 29.2 Å². The number of carbonyl (C=O) groups is 2. The second-order valence-corrected chi connectivity index (χ2v) is 7.48. The molecule has 2 amide bonds. The van der Waals surface area contributed by atoms with E-state index in [0.717, 1.165) is 23.8 Å². The van der Waals surface area contributed by atoms with E-state index in [0.29, 0.717) is 24.1 Å². The summed E-state index contributed by atoms with van der Waals surface area (Å²) in [7, 11) is 0. The van der Waals surface area contributed by atoms with Gasteiger partial charge in [0.15, 0.2) is 0 Å². The molecule has 35 heavy (non-hydrogen) atoms. The summed E-state index contributed by atoms with van der Waals surface area (Å²) in [4.78, 5) is 28.9. The average Bonchev–Trinajstić information content (AvgIpc) is 2.83. The van der Waals surface area contributed by atoms with Crippen molar-refractivity contribution >= 4 is 23.2 Å². The van der Waals surface area contributed by atoms with Crippen molar-refractivity contribution in [3.05, 3.63) is 114 Å². The van der Waals surface area contributed by atoms with Crippen molar-refractivity contribution in [2.45, 2.75) is 6.61 Å². The van der Waals surface area contributed by atoms with Gasteiger partial charge in [0.05, 0.1) is 5.56 Å². The number of aromatic nitrogens is 1. The van der Waals surface area contributed by atoms with Crippen LogP contribution in [0.1, 0.15) is 26.3 Å². The highest BCUT2D eigenvalue weighted by Gasteiger charge is 2.15. The first-order chi connectivity index (χ1) is 16.9. The second kappa shape index (κ2) is 10.4. The van der Waals surface area contributed by atoms with Crippen molar-refractivity contribution in [2.24, 2.45) is 0 Å². The molecule has 0 aliphatic rings. The number of phenolic OH excluding ortho intramolecular Hbond substituents is 1. The number of halogens is 2. The van der Waals surface area contributed by atoms with E-state index in [4.69, 9.17) is 4.74 Å². The minimum atomic E-state index is -0.892. The van der Waals surface area contributed by atoms with E-state index in [9.17, 15) is 23.5 Å². The molecule has 0 fully saturated rings. The summed E-state index contributed by atoms with van der Waals surface area (Å²) in [5.41, 5.74) is 1.21. The molecule has 9 heteroatoms. The lowest BCUT2D eigenvalue weighted by molar-refractivity contribution is 0.101. The molecule has 0 atom stereocenters. The van der Waals surface area contributed by atoms with Gasteiger partial charge < -0.3 is 20.5 Å². The fourth-order valence-corrected chi connectivity index (χ4v) is 3.20. The van der Waals surface area contributed by atoms with Gasteiger partial charge in [-0.3, -0.25) is 14.6 Å². The molecule has 0 aliphatic heterocycles. The zero-order chi connectivity index (χ0) is 24.8. The van der Waals surface area contributed by atoms with Crippen molar-refractivity contribution in [3.8, 4) is 11.5 Å². The summed E-state index contributed by atoms with van der Waals surface area (Å²) in [6.07, 6.45) is 3.36. The topological polar surface area (TPSA) is 101 Å². The van der Waals surface area contributed by atoms with Gasteiger partial charge in [0.2, 0.25) is 0 Å². The van der Waals surface area contributed by atoms with Gasteiger partial charge in [0.25, 0.3) is 11.8 Å². The highest BCUT2D eigenvalue weighted by Crippen LogP contribution is 2.25. The monoisotopic (exact) mass is 475 g/mol. The number of pyridine rings is 1. The molecule has 7 nitrogen and oxygen atoms in total. The Balaban J connectivity index is 1.40. The largest absolute Gasteiger partial charge is 0.507 e. The second-order valence-electron chi connectivity index (χ2n) is 7.48. The molecule has 0 unspecified atom stereocenters. The van der Waals surface area contributed by atoms with Crippen molar-refractivity contribution in [1.82, 2.24) is 4.98 Å². The number of benzene rings is 3. The first-order valence-corrected chi connectivity index (χ1v) is 10.4. The molecule has 3 N–H and O–H groups in total. The van der Waals surface area contributed by atoms with Crippen LogP contribution in [-0.4, -0.2) is 21.9 Å². The van der Waals surface area contributed by atoms with Crippen molar-refractivity contribution in [3.63, 3.8) is 0 Å². The summed E-state index contributed by atoms with van der Waals surface area (Å²) < 4.78 is 32.4. The third kappa shape index (κ3) is 6.17. The van der Waals surface area contributed by atoms with Crippen LogP contribution in [0.3, 0.4) is 0 Å². The van der Waals surface area contributed by atoms with Gasteiger partial charge in [-0.25, -0.2) is 8.78 Å². The normalized spacial score (nSPS) is 10.5. The Morgan fingerprint density at radius 1 is 0.857 bits per heavy atom. The molecule has 4 aromatic rings. The van der Waals surface area contributed by atoms with Crippen LogP contribution >= 0.6 is 0 Å². The van der Waals surface area contributed by atoms with E-state index in [1.807, 2.05) is 6.07 Å². The molecule has 0 bridgehead atoms. The fraction of sp³-hybridized carbons (Fsp3) is 0.0385. The minimum absolute atomic E-state index is 0.0403. The molecule has 0 radical (unpaired) electrons. The highest BCUT2D eigenvalue weighted by molar-refractivity contribution is 6.08. The number of phenols is 1. The lowest BCUT2D eigenvalue weighted by Crippen LogP contribution is -2.14. The molecule has 0 saturated carbocycles. The van der Waals surface area contributed by atoms with Gasteiger partial charge in [0.1, 0.15) is 29.7 Å². The summed E-state index contributed by atoms with van der Waals surface area (Å²) in [6.45, 7) is 0.307. The SMILES string of the molecule is O=C(Nc1ccc(C(=O)Nc2cccc(OCc3cccnc3)c2)c(O)c1)c1cc(F)cc(F)c1. The zero-order valence-corrected chi connectivity index (χ0v) is 18.2. The third-order valence-corrected chi connectivity index (χ3v) is 4.85. The molecule has 0 spiro atoms. The maximum absolute atomic E-state index is 13.3. The van der Waals surface area contributed by atoms with Gasteiger partial charge in [-0.05, 0) is 42.5 Å². The summed E-state index contributed by atoms with van der Waals surface area (Å²) in [6, 6.07) is 16.7. The quantitative estimate of drug-likeness (QED) is 0.343. The Hall–Kier alpha value is -4.79. The number of ether oxygens (including phenoxy) is 1. The van der Waals surface area contributed by atoms with Crippen LogP contribution in [0.5, 0.6) is 11.5 Å². The lowest BCUT2D eigenvalue weighted by atomic mass is 10.1. The number of aromatic hydroxyl groups is 1. The Bertz CT molecular complexity index is 1360. The Morgan fingerprint density at radius 3 is 2.31 bits per heavy atom. The predicted octanol–water partition coefficient (Wildman–Crippen LogP) is 5.15. The van der Waals surface area contributed by atoms with Crippen molar-refractivity contribution in [2.75, 3.05) is 10.6 Å². The Morgan fingerprint density at radius 2 is 1.60 bits per heavy atom.